The Morgan fingerprint density at radius 3 is 2.89 bits per heavy atom. The van der Waals surface area contributed by atoms with E-state index < -0.39 is 17.1 Å². The average molecular weight is 288 g/mol. The second-order valence-electron chi connectivity index (χ2n) is 4.25. The van der Waals surface area contributed by atoms with Crippen LogP contribution in [-0.4, -0.2) is 34.9 Å². The minimum atomic E-state index is -0.587. The fourth-order valence-electron chi connectivity index (χ4n) is 1.98. The molecule has 1 fully saturated rings. The zero-order valence-electron chi connectivity index (χ0n) is 10.3. The molecule has 1 saturated carbocycles. The van der Waals surface area contributed by atoms with Crippen LogP contribution >= 0.6 is 11.6 Å². The highest BCUT2D eigenvalue weighted by Crippen LogP contribution is 2.35. The molecule has 0 bridgehead atoms. The van der Waals surface area contributed by atoms with Crippen LogP contribution in [-0.2, 0) is 4.74 Å². The van der Waals surface area contributed by atoms with E-state index in [0.717, 1.165) is 0 Å². The number of nitrogens with zero attached hydrogens (tertiary/aromatic N) is 1. The molecular weight excluding hydrogens is 274 g/mol. The molecule has 1 aliphatic rings. The van der Waals surface area contributed by atoms with Crippen LogP contribution in [0, 0.1) is 10.1 Å². The van der Waals surface area contributed by atoms with E-state index in [0.29, 0.717) is 13.0 Å². The minimum absolute atomic E-state index is 0.135. The van der Waals surface area contributed by atoms with Gasteiger partial charge in [-0.25, -0.2) is 0 Å². The second kappa shape index (κ2) is 5.73. The second-order valence-corrected chi connectivity index (χ2v) is 4.68. The van der Waals surface area contributed by atoms with Crippen LogP contribution in [0.2, 0.25) is 5.02 Å². The Labute approximate surface area is 115 Å². The lowest BCUT2D eigenvalue weighted by atomic mass is 9.88. The summed E-state index contributed by atoms with van der Waals surface area (Å²) in [4.78, 5) is 10.4. The Hall–Kier alpha value is -1.37. The summed E-state index contributed by atoms with van der Waals surface area (Å²) in [5.41, 5.74) is -0.191. The van der Waals surface area contributed by atoms with Gasteiger partial charge in [0.05, 0.1) is 11.0 Å². The van der Waals surface area contributed by atoms with E-state index in [9.17, 15) is 15.2 Å². The number of aliphatic hydroxyl groups excluding tert-OH is 1. The lowest BCUT2D eigenvalue weighted by molar-refractivity contribution is -0.386. The molecule has 3 unspecified atom stereocenters. The maximum absolute atomic E-state index is 10.9. The molecule has 0 radical (unpaired) electrons. The van der Waals surface area contributed by atoms with E-state index in [4.69, 9.17) is 21.1 Å². The van der Waals surface area contributed by atoms with Crippen LogP contribution in [0.3, 0.4) is 0 Å². The summed E-state index contributed by atoms with van der Waals surface area (Å²) in [6.07, 6.45) is -1.02. The Morgan fingerprint density at radius 1 is 1.58 bits per heavy atom. The Balaban J connectivity index is 2.13. The van der Waals surface area contributed by atoms with Crippen molar-refractivity contribution in [3.8, 4) is 5.75 Å². The predicted molar refractivity (Wildman–Crippen MR) is 68.6 cm³/mol. The molecule has 6 nitrogen and oxygen atoms in total. The van der Waals surface area contributed by atoms with Gasteiger partial charge in [-0.15, -0.1) is 0 Å². The van der Waals surface area contributed by atoms with Crippen molar-refractivity contribution >= 4 is 17.3 Å². The zero-order chi connectivity index (χ0) is 14.0. The van der Waals surface area contributed by atoms with Gasteiger partial charge in [0.15, 0.2) is 5.75 Å². The van der Waals surface area contributed by atoms with Gasteiger partial charge in [0.25, 0.3) is 0 Å². The highest BCUT2D eigenvalue weighted by Gasteiger charge is 2.43. The molecule has 0 aromatic heterocycles. The first kappa shape index (κ1) is 14.0. The number of nitro benzene ring substituents is 1. The third kappa shape index (κ3) is 2.97. The van der Waals surface area contributed by atoms with Crippen LogP contribution in [0.15, 0.2) is 18.2 Å². The molecule has 0 spiro atoms. The van der Waals surface area contributed by atoms with Gasteiger partial charge in [-0.2, -0.15) is 0 Å². The van der Waals surface area contributed by atoms with Crippen molar-refractivity contribution in [2.75, 3.05) is 6.61 Å². The average Bonchev–Trinajstić information content (AvgIpc) is 2.37. The number of aliphatic hydroxyl groups is 1. The van der Waals surface area contributed by atoms with Crippen molar-refractivity contribution in [1.82, 2.24) is 0 Å². The van der Waals surface area contributed by atoms with Gasteiger partial charge in [0, 0.05) is 24.1 Å². The van der Waals surface area contributed by atoms with Gasteiger partial charge in [-0.3, -0.25) is 10.1 Å². The van der Waals surface area contributed by atoms with E-state index in [1.807, 2.05) is 6.92 Å². The summed E-state index contributed by atoms with van der Waals surface area (Å²) in [6.45, 7) is 2.26. The molecule has 0 amide bonds. The lowest BCUT2D eigenvalue weighted by Crippen LogP contribution is -2.55. The van der Waals surface area contributed by atoms with E-state index in [-0.39, 0.29) is 22.6 Å². The lowest BCUT2D eigenvalue weighted by Gasteiger charge is -2.40. The van der Waals surface area contributed by atoms with E-state index in [1.54, 1.807) is 0 Å². The molecule has 0 heterocycles. The molecule has 1 aromatic rings. The fourth-order valence-corrected chi connectivity index (χ4v) is 2.15. The van der Waals surface area contributed by atoms with Gasteiger partial charge in [-0.1, -0.05) is 11.6 Å². The van der Waals surface area contributed by atoms with Crippen molar-refractivity contribution in [2.24, 2.45) is 0 Å². The van der Waals surface area contributed by atoms with Crippen LogP contribution in [0.4, 0.5) is 5.69 Å². The van der Waals surface area contributed by atoms with Crippen molar-refractivity contribution < 1.29 is 19.5 Å². The number of nitro groups is 1. The van der Waals surface area contributed by atoms with Crippen LogP contribution in [0.5, 0.6) is 5.75 Å². The van der Waals surface area contributed by atoms with E-state index in [2.05, 4.69) is 0 Å². The smallest absolute Gasteiger partial charge is 0.312 e. The molecule has 2 rings (SSSR count). The molecule has 7 heteroatoms. The SMILES string of the molecule is CCOC1C(O)CC1Oc1ccc(Cl)cc1[N+](=O)[O-]. The first-order valence-corrected chi connectivity index (χ1v) is 6.31. The fraction of sp³-hybridized carbons (Fsp3) is 0.500. The van der Waals surface area contributed by atoms with Gasteiger partial charge < -0.3 is 14.6 Å². The summed E-state index contributed by atoms with van der Waals surface area (Å²) >= 11 is 5.72. The van der Waals surface area contributed by atoms with Gasteiger partial charge in [-0.05, 0) is 19.1 Å². The normalized spacial score (nSPS) is 25.7. The van der Waals surface area contributed by atoms with Crippen LogP contribution < -0.4 is 4.74 Å². The third-order valence-corrected chi connectivity index (χ3v) is 3.21. The summed E-state index contributed by atoms with van der Waals surface area (Å²) in [6, 6.07) is 4.21. The van der Waals surface area contributed by atoms with Crippen LogP contribution in [0.1, 0.15) is 13.3 Å². The number of hydrogen-bond donors (Lipinski definition) is 1. The maximum atomic E-state index is 10.9. The molecule has 19 heavy (non-hydrogen) atoms. The number of rotatable bonds is 5. The molecule has 1 aliphatic carbocycles. The molecule has 104 valence electrons. The number of halogens is 1. The summed E-state index contributed by atoms with van der Waals surface area (Å²) < 4.78 is 10.9. The summed E-state index contributed by atoms with van der Waals surface area (Å²) in [7, 11) is 0. The standard InChI is InChI=1S/C12H14ClNO5/c1-2-18-12-9(15)6-11(12)19-10-4-3-7(13)5-8(10)14(16)17/h3-5,9,11-12,15H,2,6H2,1H3. The number of ether oxygens (including phenoxy) is 2. The largest absolute Gasteiger partial charge is 0.481 e. The van der Waals surface area contributed by atoms with E-state index >= 15 is 0 Å². The maximum Gasteiger partial charge on any atom is 0.312 e. The molecule has 1 N–H and O–H groups in total. The number of hydrogen-bond acceptors (Lipinski definition) is 5. The first-order valence-electron chi connectivity index (χ1n) is 5.93. The summed E-state index contributed by atoms with van der Waals surface area (Å²) in [5.74, 6) is 0.135. The molecule has 1 aromatic carbocycles. The highest BCUT2D eigenvalue weighted by atomic mass is 35.5. The Morgan fingerprint density at radius 2 is 2.32 bits per heavy atom. The third-order valence-electron chi connectivity index (χ3n) is 2.97. The molecule has 0 aliphatic heterocycles. The zero-order valence-corrected chi connectivity index (χ0v) is 11.0. The van der Waals surface area contributed by atoms with E-state index in [1.165, 1.54) is 18.2 Å². The number of benzene rings is 1. The van der Waals surface area contributed by atoms with Gasteiger partial charge in [0.1, 0.15) is 12.2 Å². The first-order chi connectivity index (χ1) is 9.02. The minimum Gasteiger partial charge on any atom is -0.481 e. The topological polar surface area (TPSA) is 81.8 Å². The van der Waals surface area contributed by atoms with Crippen molar-refractivity contribution in [1.29, 1.82) is 0 Å². The Bertz CT molecular complexity index is 481. The molecule has 0 saturated heterocycles. The van der Waals surface area contributed by atoms with Crippen LogP contribution in [0.25, 0.3) is 0 Å². The Kier molecular flexibility index (Phi) is 4.24. The molecular formula is C12H14ClNO5. The van der Waals surface area contributed by atoms with Gasteiger partial charge >= 0.3 is 5.69 Å². The molecule has 3 atom stereocenters. The van der Waals surface area contributed by atoms with Crippen molar-refractivity contribution in [3.05, 3.63) is 33.3 Å². The quantitative estimate of drug-likeness (QED) is 0.663. The summed E-state index contributed by atoms with van der Waals surface area (Å²) in [5, 5.41) is 20.7. The van der Waals surface area contributed by atoms with Crippen molar-refractivity contribution in [3.63, 3.8) is 0 Å². The highest BCUT2D eigenvalue weighted by molar-refractivity contribution is 6.30. The van der Waals surface area contributed by atoms with Gasteiger partial charge in [0.2, 0.25) is 0 Å². The monoisotopic (exact) mass is 287 g/mol. The predicted octanol–water partition coefficient (Wildman–Crippen LogP) is 2.17. The van der Waals surface area contributed by atoms with Crippen molar-refractivity contribution in [2.45, 2.75) is 31.7 Å².